The first-order valence-electron chi connectivity index (χ1n) is 10.1. The van der Waals surface area contributed by atoms with Crippen LogP contribution in [0.25, 0.3) is 0 Å². The summed E-state index contributed by atoms with van der Waals surface area (Å²) in [5.74, 6) is 0.108. The van der Waals surface area contributed by atoms with Crippen molar-refractivity contribution in [2.45, 2.75) is 43.3 Å². The summed E-state index contributed by atoms with van der Waals surface area (Å²) < 4.78 is 60.4. The highest BCUT2D eigenvalue weighted by molar-refractivity contribution is 5.41. The van der Waals surface area contributed by atoms with Crippen molar-refractivity contribution in [3.8, 4) is 5.75 Å². The van der Waals surface area contributed by atoms with E-state index in [1.807, 2.05) is 6.07 Å². The summed E-state index contributed by atoms with van der Waals surface area (Å²) in [7, 11) is 1.45. The zero-order valence-corrected chi connectivity index (χ0v) is 17.2. The van der Waals surface area contributed by atoms with Crippen LogP contribution in [-0.2, 0) is 12.2 Å². The fourth-order valence-electron chi connectivity index (χ4n) is 4.12. The first-order chi connectivity index (χ1) is 15.3. The molecule has 2 aromatic carbocycles. The number of rotatable bonds is 6. The minimum atomic E-state index is -4.80. The molecule has 7 nitrogen and oxygen atoms in total. The van der Waals surface area contributed by atoms with Gasteiger partial charge in [0.15, 0.2) is 0 Å². The fourth-order valence-corrected chi connectivity index (χ4v) is 4.12. The van der Waals surface area contributed by atoms with Crippen molar-refractivity contribution in [1.82, 2.24) is 10.6 Å². The predicted octanol–water partition coefficient (Wildman–Crippen LogP) is 4.97. The minimum Gasteiger partial charge on any atom is -0.496 e. The molecular formula is C21H22F4N6O. The number of alkyl halides is 3. The number of methoxy groups -OCH3 is 1. The van der Waals surface area contributed by atoms with Gasteiger partial charge in [-0.3, -0.25) is 0 Å². The van der Waals surface area contributed by atoms with Crippen LogP contribution in [-0.4, -0.2) is 25.9 Å². The second kappa shape index (κ2) is 8.91. The Labute approximate surface area is 182 Å². The summed E-state index contributed by atoms with van der Waals surface area (Å²) in [6.45, 7) is 1.03. The average molecular weight is 450 g/mol. The van der Waals surface area contributed by atoms with Crippen molar-refractivity contribution in [1.29, 1.82) is 0 Å². The number of hydrogen-bond acceptors (Lipinski definition) is 7. The van der Waals surface area contributed by atoms with Crippen LogP contribution >= 0.6 is 0 Å². The molecule has 32 heavy (non-hydrogen) atoms. The molecule has 0 spiro atoms. The van der Waals surface area contributed by atoms with Crippen LogP contribution in [0.1, 0.15) is 35.6 Å². The molecule has 2 N–H and O–H groups in total. The largest absolute Gasteiger partial charge is 0.496 e. The molecule has 170 valence electrons. The van der Waals surface area contributed by atoms with Crippen molar-refractivity contribution in [2.75, 3.05) is 13.7 Å². The van der Waals surface area contributed by atoms with Crippen molar-refractivity contribution < 1.29 is 22.3 Å². The zero-order chi connectivity index (χ0) is 22.8. The van der Waals surface area contributed by atoms with Crippen LogP contribution in [0.2, 0.25) is 0 Å². The van der Waals surface area contributed by atoms with Gasteiger partial charge in [-0.05, 0) is 59.7 Å². The molecule has 2 atom stereocenters. The minimum absolute atomic E-state index is 0.0543. The van der Waals surface area contributed by atoms with Crippen LogP contribution < -0.4 is 15.4 Å². The zero-order valence-electron chi connectivity index (χ0n) is 17.2. The highest BCUT2D eigenvalue weighted by atomic mass is 19.4. The molecule has 1 saturated heterocycles. The van der Waals surface area contributed by atoms with Gasteiger partial charge in [-0.25, -0.2) is 4.39 Å². The molecule has 0 aliphatic carbocycles. The molecule has 2 aromatic rings. The quantitative estimate of drug-likeness (QED) is 0.610. The van der Waals surface area contributed by atoms with E-state index in [0.717, 1.165) is 24.9 Å². The lowest BCUT2D eigenvalue weighted by Crippen LogP contribution is -2.45. The number of nitrogens with one attached hydrogen (secondary N) is 2. The standard InChI is InChI=1S/C21H22F4N6O/c1-32-18-8-7-15(20(21(23,24)25)28-30-31-29-20)10-14(18)12-27-17-6-3-9-26-19(17)13-4-2-5-16(22)11-13/h2,4-5,7-8,10-11,17,19,26-27H,3,6,9,12H2,1H3. The topological polar surface area (TPSA) is 82.7 Å². The lowest BCUT2D eigenvalue weighted by atomic mass is 9.91. The third kappa shape index (κ3) is 4.22. The number of nitrogens with zero attached hydrogens (tertiary/aromatic N) is 4. The van der Waals surface area contributed by atoms with Gasteiger partial charge in [0.2, 0.25) is 0 Å². The van der Waals surface area contributed by atoms with Gasteiger partial charge in [0.05, 0.1) is 7.11 Å². The van der Waals surface area contributed by atoms with E-state index in [1.165, 1.54) is 37.4 Å². The van der Waals surface area contributed by atoms with Crippen LogP contribution in [0.3, 0.4) is 0 Å². The highest BCUT2D eigenvalue weighted by Gasteiger charge is 2.60. The molecule has 0 bridgehead atoms. The summed E-state index contributed by atoms with van der Waals surface area (Å²) in [4.78, 5) is 0. The summed E-state index contributed by atoms with van der Waals surface area (Å²) >= 11 is 0. The first kappa shape index (κ1) is 22.3. The summed E-state index contributed by atoms with van der Waals surface area (Å²) in [6.07, 6.45) is -3.06. The first-order valence-corrected chi connectivity index (χ1v) is 10.1. The van der Waals surface area contributed by atoms with Gasteiger partial charge < -0.3 is 15.4 Å². The maximum atomic E-state index is 13.8. The van der Waals surface area contributed by atoms with Gasteiger partial charge in [-0.2, -0.15) is 13.2 Å². The van der Waals surface area contributed by atoms with E-state index in [9.17, 15) is 17.6 Å². The van der Waals surface area contributed by atoms with E-state index in [0.29, 0.717) is 11.3 Å². The second-order valence-electron chi connectivity index (χ2n) is 7.69. The van der Waals surface area contributed by atoms with Crippen LogP contribution in [0.4, 0.5) is 17.6 Å². The molecule has 2 aliphatic rings. The van der Waals surface area contributed by atoms with Crippen LogP contribution in [0.15, 0.2) is 63.1 Å². The molecular weight excluding hydrogens is 428 g/mol. The Morgan fingerprint density at radius 3 is 2.62 bits per heavy atom. The normalized spacial score (nSPS) is 22.3. The second-order valence-corrected chi connectivity index (χ2v) is 7.69. The molecule has 0 amide bonds. The van der Waals surface area contributed by atoms with E-state index < -0.39 is 11.8 Å². The number of ether oxygens (including phenoxy) is 1. The lowest BCUT2D eigenvalue weighted by Gasteiger charge is -2.34. The SMILES string of the molecule is COc1ccc(C2(C(F)(F)F)N=NN=N2)cc1CNC1CCCNC1c1cccc(F)c1. The van der Waals surface area contributed by atoms with Crippen molar-refractivity contribution >= 4 is 0 Å². The van der Waals surface area contributed by atoms with E-state index in [-0.39, 0.29) is 30.0 Å². The molecule has 2 unspecified atom stereocenters. The summed E-state index contributed by atoms with van der Waals surface area (Å²) in [5, 5.41) is 19.5. The Morgan fingerprint density at radius 2 is 1.94 bits per heavy atom. The number of piperidine rings is 1. The Kier molecular flexibility index (Phi) is 6.20. The van der Waals surface area contributed by atoms with Crippen molar-refractivity contribution in [2.24, 2.45) is 20.7 Å². The van der Waals surface area contributed by atoms with Gasteiger partial charge >= 0.3 is 11.8 Å². The molecule has 0 aromatic heterocycles. The molecule has 4 rings (SSSR count). The maximum absolute atomic E-state index is 13.8. The smallest absolute Gasteiger partial charge is 0.442 e. The summed E-state index contributed by atoms with van der Waals surface area (Å²) in [5.41, 5.74) is -1.74. The summed E-state index contributed by atoms with van der Waals surface area (Å²) in [6, 6.07) is 10.3. The molecule has 2 heterocycles. The Balaban J connectivity index is 1.59. The lowest BCUT2D eigenvalue weighted by molar-refractivity contribution is -0.187. The van der Waals surface area contributed by atoms with E-state index in [4.69, 9.17) is 4.74 Å². The van der Waals surface area contributed by atoms with Gasteiger partial charge in [0.25, 0.3) is 0 Å². The van der Waals surface area contributed by atoms with Crippen LogP contribution in [0, 0.1) is 5.82 Å². The molecule has 2 aliphatic heterocycles. The van der Waals surface area contributed by atoms with Crippen molar-refractivity contribution in [3.05, 3.63) is 65.0 Å². The van der Waals surface area contributed by atoms with Gasteiger partial charge in [-0.15, -0.1) is 10.2 Å². The fraction of sp³-hybridized carbons (Fsp3) is 0.429. The monoisotopic (exact) mass is 450 g/mol. The molecule has 0 saturated carbocycles. The number of hydrogen-bond donors (Lipinski definition) is 2. The number of halogens is 4. The Hall–Kier alpha value is -2.92. The van der Waals surface area contributed by atoms with Crippen LogP contribution in [0.5, 0.6) is 5.75 Å². The highest BCUT2D eigenvalue weighted by Crippen LogP contribution is 2.47. The molecule has 11 heteroatoms. The Bertz CT molecular complexity index is 1010. The van der Waals surface area contributed by atoms with E-state index in [2.05, 4.69) is 31.3 Å². The molecule has 1 fully saturated rings. The van der Waals surface area contributed by atoms with Gasteiger partial charge in [0, 0.05) is 29.8 Å². The maximum Gasteiger partial charge on any atom is 0.442 e. The van der Waals surface area contributed by atoms with Crippen molar-refractivity contribution in [3.63, 3.8) is 0 Å². The van der Waals surface area contributed by atoms with Gasteiger partial charge in [0.1, 0.15) is 11.6 Å². The molecule has 0 radical (unpaired) electrons. The third-order valence-electron chi connectivity index (χ3n) is 5.72. The number of benzene rings is 2. The Morgan fingerprint density at radius 1 is 1.16 bits per heavy atom. The van der Waals surface area contributed by atoms with E-state index >= 15 is 0 Å². The average Bonchev–Trinajstić information content (AvgIpc) is 3.29. The third-order valence-corrected chi connectivity index (χ3v) is 5.72. The van der Waals surface area contributed by atoms with Gasteiger partial charge in [-0.1, -0.05) is 18.2 Å². The van der Waals surface area contributed by atoms with E-state index in [1.54, 1.807) is 6.07 Å². The predicted molar refractivity (Wildman–Crippen MR) is 107 cm³/mol.